The number of carbonyl (C=O) groups is 1. The summed E-state index contributed by atoms with van der Waals surface area (Å²) in [6.45, 7) is 10.1. The highest BCUT2D eigenvalue weighted by molar-refractivity contribution is 5.66. The predicted octanol–water partition coefficient (Wildman–Crippen LogP) is 3.63. The van der Waals surface area contributed by atoms with Crippen molar-refractivity contribution in [2.75, 3.05) is 0 Å². The smallest absolute Gasteiger partial charge is 0.302 e. The van der Waals surface area contributed by atoms with E-state index in [1.54, 1.807) is 0 Å². The molecule has 0 bridgehead atoms. The Morgan fingerprint density at radius 1 is 1.50 bits per heavy atom. The summed E-state index contributed by atoms with van der Waals surface area (Å²) in [5.41, 5.74) is 2.81. The summed E-state index contributed by atoms with van der Waals surface area (Å²) in [6, 6.07) is 0. The Bertz CT molecular complexity index is 335. The molecule has 0 heterocycles. The van der Waals surface area contributed by atoms with Crippen molar-refractivity contribution in [1.82, 2.24) is 0 Å². The van der Waals surface area contributed by atoms with E-state index in [1.165, 1.54) is 18.1 Å². The van der Waals surface area contributed by atoms with Crippen LogP contribution in [0.3, 0.4) is 0 Å². The lowest BCUT2D eigenvalue weighted by Crippen LogP contribution is -2.31. The van der Waals surface area contributed by atoms with Crippen molar-refractivity contribution in [3.8, 4) is 0 Å². The second-order valence-corrected chi connectivity index (χ2v) is 5.22. The van der Waals surface area contributed by atoms with Crippen molar-refractivity contribution < 1.29 is 9.53 Å². The Balaban J connectivity index is 2.92. The highest BCUT2D eigenvalue weighted by Crippen LogP contribution is 2.41. The van der Waals surface area contributed by atoms with E-state index in [0.717, 1.165) is 12.8 Å². The number of allylic oxidation sites excluding steroid dienone is 3. The zero-order valence-corrected chi connectivity index (χ0v) is 11.0. The van der Waals surface area contributed by atoms with Gasteiger partial charge in [-0.05, 0) is 31.3 Å². The van der Waals surface area contributed by atoms with Crippen LogP contribution in [0, 0.1) is 5.41 Å². The largest absolute Gasteiger partial charge is 0.462 e. The first-order valence-electron chi connectivity index (χ1n) is 5.87. The van der Waals surface area contributed by atoms with Crippen molar-refractivity contribution in [2.24, 2.45) is 5.41 Å². The quantitative estimate of drug-likeness (QED) is 0.667. The molecule has 0 saturated carbocycles. The summed E-state index contributed by atoms with van der Waals surface area (Å²) in [4.78, 5) is 11.0. The van der Waals surface area contributed by atoms with Gasteiger partial charge in [0.05, 0.1) is 0 Å². The molecule has 0 aromatic carbocycles. The molecule has 90 valence electrons. The minimum atomic E-state index is -0.178. The highest BCUT2D eigenvalue weighted by atomic mass is 16.5. The third kappa shape index (κ3) is 2.97. The van der Waals surface area contributed by atoms with E-state index in [0.29, 0.717) is 0 Å². The maximum atomic E-state index is 11.0. The molecule has 0 N–H and O–H groups in total. The Kier molecular flexibility index (Phi) is 3.95. The maximum absolute atomic E-state index is 11.0. The molecule has 0 aromatic heterocycles. The van der Waals surface area contributed by atoms with Crippen LogP contribution in [0.25, 0.3) is 0 Å². The van der Waals surface area contributed by atoms with E-state index in [4.69, 9.17) is 4.74 Å². The van der Waals surface area contributed by atoms with Crippen molar-refractivity contribution in [3.63, 3.8) is 0 Å². The molecule has 16 heavy (non-hydrogen) atoms. The second-order valence-electron chi connectivity index (χ2n) is 5.22. The highest BCUT2D eigenvalue weighted by Gasteiger charge is 2.33. The summed E-state index contributed by atoms with van der Waals surface area (Å²) < 4.78 is 5.33. The van der Waals surface area contributed by atoms with E-state index >= 15 is 0 Å². The van der Waals surface area contributed by atoms with Crippen molar-refractivity contribution in [3.05, 3.63) is 23.3 Å². The predicted molar refractivity (Wildman–Crippen MR) is 66.1 cm³/mol. The average Bonchev–Trinajstić information content (AvgIpc) is 2.09. The minimum Gasteiger partial charge on any atom is -0.462 e. The van der Waals surface area contributed by atoms with Crippen LogP contribution in [-0.2, 0) is 9.53 Å². The molecule has 1 atom stereocenters. The minimum absolute atomic E-state index is 0.0431. The number of ether oxygens (including phenoxy) is 1. The van der Waals surface area contributed by atoms with E-state index in [1.807, 2.05) is 6.92 Å². The van der Waals surface area contributed by atoms with Gasteiger partial charge < -0.3 is 4.74 Å². The molecule has 0 fully saturated rings. The fourth-order valence-corrected chi connectivity index (χ4v) is 2.63. The van der Waals surface area contributed by atoms with Gasteiger partial charge >= 0.3 is 5.97 Å². The lowest BCUT2D eigenvalue weighted by molar-refractivity contribution is -0.147. The number of rotatable bonds is 2. The van der Waals surface area contributed by atoms with Gasteiger partial charge in [-0.3, -0.25) is 4.79 Å². The van der Waals surface area contributed by atoms with Gasteiger partial charge in [-0.25, -0.2) is 0 Å². The van der Waals surface area contributed by atoms with Crippen LogP contribution in [0.15, 0.2) is 23.3 Å². The first-order chi connectivity index (χ1) is 7.36. The SMILES string of the molecule is C/C=C/C1=C(C)CC(OC(C)=O)CC1(C)C. The van der Waals surface area contributed by atoms with Crippen molar-refractivity contribution >= 4 is 5.97 Å². The van der Waals surface area contributed by atoms with Gasteiger partial charge in [0.2, 0.25) is 0 Å². The van der Waals surface area contributed by atoms with Crippen LogP contribution >= 0.6 is 0 Å². The summed E-state index contributed by atoms with van der Waals surface area (Å²) >= 11 is 0. The van der Waals surface area contributed by atoms with Gasteiger partial charge in [0.15, 0.2) is 0 Å². The standard InChI is InChI=1S/C14H22O2/c1-6-7-13-10(2)8-12(16-11(3)15)9-14(13,4)5/h6-7,12H,8-9H2,1-5H3/b7-6+. The van der Waals surface area contributed by atoms with Gasteiger partial charge in [-0.1, -0.05) is 31.6 Å². The van der Waals surface area contributed by atoms with Crippen LogP contribution in [0.1, 0.15) is 47.5 Å². The van der Waals surface area contributed by atoms with E-state index in [2.05, 4.69) is 32.9 Å². The van der Waals surface area contributed by atoms with E-state index < -0.39 is 0 Å². The van der Waals surface area contributed by atoms with Gasteiger partial charge in [0.1, 0.15) is 6.10 Å². The number of carbonyl (C=O) groups excluding carboxylic acids is 1. The van der Waals surface area contributed by atoms with Crippen LogP contribution in [0.5, 0.6) is 0 Å². The molecule has 0 aliphatic heterocycles. The maximum Gasteiger partial charge on any atom is 0.302 e. The summed E-state index contributed by atoms with van der Waals surface area (Å²) in [6.07, 6.45) is 6.07. The average molecular weight is 222 g/mol. The molecule has 1 unspecified atom stereocenters. The third-order valence-electron chi connectivity index (χ3n) is 3.13. The number of hydrogen-bond acceptors (Lipinski definition) is 2. The molecule has 0 spiro atoms. The molecule has 1 aliphatic rings. The van der Waals surface area contributed by atoms with Gasteiger partial charge in [0.25, 0.3) is 0 Å². The Morgan fingerprint density at radius 2 is 2.12 bits per heavy atom. The zero-order chi connectivity index (χ0) is 12.3. The van der Waals surface area contributed by atoms with Gasteiger partial charge in [-0.15, -0.1) is 0 Å². The number of hydrogen-bond donors (Lipinski definition) is 0. The molecule has 0 radical (unpaired) electrons. The number of esters is 1. The zero-order valence-electron chi connectivity index (χ0n) is 11.0. The van der Waals surface area contributed by atoms with Crippen LogP contribution in [0.4, 0.5) is 0 Å². The monoisotopic (exact) mass is 222 g/mol. The molecule has 2 nitrogen and oxygen atoms in total. The Hall–Kier alpha value is -1.05. The summed E-state index contributed by atoms with van der Waals surface area (Å²) in [7, 11) is 0. The van der Waals surface area contributed by atoms with Gasteiger partial charge in [-0.2, -0.15) is 0 Å². The second kappa shape index (κ2) is 4.86. The fourth-order valence-electron chi connectivity index (χ4n) is 2.63. The van der Waals surface area contributed by atoms with Crippen LogP contribution in [-0.4, -0.2) is 12.1 Å². The lowest BCUT2D eigenvalue weighted by atomic mass is 9.71. The molecule has 0 saturated heterocycles. The topological polar surface area (TPSA) is 26.3 Å². The normalized spacial score (nSPS) is 24.9. The Labute approximate surface area is 98.4 Å². The first kappa shape index (κ1) is 13.0. The summed E-state index contributed by atoms with van der Waals surface area (Å²) in [5.74, 6) is -0.178. The summed E-state index contributed by atoms with van der Waals surface area (Å²) in [5, 5.41) is 0. The van der Waals surface area contributed by atoms with Crippen molar-refractivity contribution in [2.45, 2.75) is 53.6 Å². The van der Waals surface area contributed by atoms with Crippen molar-refractivity contribution in [1.29, 1.82) is 0 Å². The van der Waals surface area contributed by atoms with Crippen LogP contribution < -0.4 is 0 Å². The van der Waals surface area contributed by atoms with Crippen LogP contribution in [0.2, 0.25) is 0 Å². The third-order valence-corrected chi connectivity index (χ3v) is 3.13. The molecule has 2 heteroatoms. The lowest BCUT2D eigenvalue weighted by Gasteiger charge is -2.37. The van der Waals surface area contributed by atoms with Gasteiger partial charge in [0, 0.05) is 13.3 Å². The first-order valence-corrected chi connectivity index (χ1v) is 5.87. The molecule has 1 rings (SSSR count). The van der Waals surface area contributed by atoms with E-state index in [-0.39, 0.29) is 17.5 Å². The molecule has 0 aromatic rings. The molecular formula is C14H22O2. The molecule has 0 amide bonds. The molecular weight excluding hydrogens is 200 g/mol. The molecule has 1 aliphatic carbocycles. The fraction of sp³-hybridized carbons (Fsp3) is 0.643. The van der Waals surface area contributed by atoms with E-state index in [9.17, 15) is 4.79 Å². The Morgan fingerprint density at radius 3 is 2.56 bits per heavy atom.